The number of aryl methyl sites for hydroxylation is 1. The fourth-order valence-electron chi connectivity index (χ4n) is 17.8. The average molecular weight is 2050 g/mol. The van der Waals surface area contributed by atoms with Crippen LogP contribution in [-0.4, -0.2) is 314 Å². The van der Waals surface area contributed by atoms with Gasteiger partial charge in [-0.15, -0.1) is 0 Å². The number of fused-ring (bicyclic) bond motifs is 16. The SMILES string of the molecule is COc1ccc(C[C@@H]2NC(=O)[C@H]([C@@H](C)O)NC(=O)[C@@H]3[C@@H]4CCN3C(=O)[C@@H]3Cc5cn(c6ccc(F)cc56)CCCCCCN(Cc5ccc(cc5)CCNC(=O)[C@]5(C)CCCN5C2=O)C(=O)CCC(=O)N[C@@H](C)C(=O)N[C@H](CCC(=O)COCCOCCNC(=O)COCCOCCNC(=O)CC[C@H](NC(=O)CC[C@H](N)C(=O)OC(C)(C)C)C(=O)OC(C)(C)C)C(=O)N[C@@H](Cc2cccc(c2)CNC(=O)CO4)C(=O)N3)cc1. The standard InChI is InChI=1S/C104H145FN16O26/c1-64-92(130)113-77(30-26-73(123)61-143-51-49-142-48-42-108-87(127)62-144-52-50-141-47-41-107-84(124)34-31-78(100(138)147-103(6,7)8)112-86(126)33-29-76(106)99(137)146-102(3,4)5)93(131)114-79-55-69-17-15-18-70(53-69)58-110-88(128)63-145-83-38-46-120-91(83)96(134)117-90(65(2)122)95(133)116-80(54-67-23-27-74(140-10)28-24-67)98(136)121-45-16-39-104(121,9)101(139)109-40-37-66-19-21-68(22-20-66)59-119(89(129)36-35-85(125)111-64)44-14-12-11-13-43-118-60-71(56-81(97(120)135)115-94(79)132)75-57-72(105)25-32-82(75)118/h15,17-25,27-28,32,53,57,60,64-65,76-81,83,90-91,122H,11-14,16,26,29-31,33-52,54-56,58-59,61-63,106H2,1-10H3,(H,107,124)(H,108,127)(H,109,139)(H,110,128)(H,111,125)(H,112,126)(H,113,130)(H,114,131)(H,115,132)(H,116,133)(H,117,134)/t64-,65+,76-,77+,78-,79-,80-,81-,83-,90-,91-,104-/m0/s1. The second kappa shape index (κ2) is 56.3. The summed E-state index contributed by atoms with van der Waals surface area (Å²) in [6.45, 7) is 13.4. The second-order valence-electron chi connectivity index (χ2n) is 39.8. The van der Waals surface area contributed by atoms with Crippen LogP contribution in [0.2, 0.25) is 0 Å². The number of amides is 14. The van der Waals surface area contributed by atoms with Crippen molar-refractivity contribution in [2.45, 2.75) is 287 Å². The normalized spacial score (nSPS) is 22.2. The molecule has 0 aliphatic carbocycles. The molecule has 6 aliphatic rings. The molecule has 14 amide bonds. The summed E-state index contributed by atoms with van der Waals surface area (Å²) in [6.07, 6.45) is -1.20. The number of aromatic nitrogens is 1. The Balaban J connectivity index is 0.848. The maximum absolute atomic E-state index is 16.4. The minimum Gasteiger partial charge on any atom is -0.497 e. The Hall–Kier alpha value is -12.9. The van der Waals surface area contributed by atoms with Gasteiger partial charge in [0.1, 0.15) is 103 Å². The van der Waals surface area contributed by atoms with Crippen molar-refractivity contribution in [3.05, 3.63) is 136 Å². The molecule has 1 aromatic heterocycles. The van der Waals surface area contributed by atoms with Crippen LogP contribution >= 0.6 is 0 Å². The van der Waals surface area contributed by atoms with E-state index in [0.717, 1.165) is 16.0 Å². The molecule has 5 aromatic rings. The van der Waals surface area contributed by atoms with E-state index in [0.29, 0.717) is 84.0 Å². The fourth-order valence-corrected chi connectivity index (χ4v) is 17.8. The molecule has 4 aromatic carbocycles. The van der Waals surface area contributed by atoms with E-state index in [9.17, 15) is 57.8 Å². The van der Waals surface area contributed by atoms with Crippen LogP contribution < -0.4 is 69.0 Å². The summed E-state index contributed by atoms with van der Waals surface area (Å²) in [5, 5.41) is 42.2. The number of methoxy groups -OCH3 is 1. The lowest BCUT2D eigenvalue weighted by Gasteiger charge is -2.37. The van der Waals surface area contributed by atoms with Gasteiger partial charge < -0.3 is 126 Å². The van der Waals surface area contributed by atoms with Crippen LogP contribution in [0.4, 0.5) is 4.39 Å². The highest BCUT2D eigenvalue weighted by Crippen LogP contribution is 2.33. The predicted octanol–water partition coefficient (Wildman–Crippen LogP) is 1.88. The molecule has 7 heterocycles. The molecule has 12 atom stereocenters. The van der Waals surface area contributed by atoms with Crippen molar-refractivity contribution in [3.63, 3.8) is 0 Å². The molecule has 11 rings (SSSR count). The minimum absolute atomic E-state index is 0.0157. The molecule has 0 radical (unpaired) electrons. The van der Waals surface area contributed by atoms with Crippen molar-refractivity contribution < 1.29 is 129 Å². The first-order chi connectivity index (χ1) is 70.0. The zero-order valence-electron chi connectivity index (χ0n) is 85.6. The summed E-state index contributed by atoms with van der Waals surface area (Å²) >= 11 is 0. The Morgan fingerprint density at radius 3 is 1.95 bits per heavy atom. The minimum atomic E-state index is -1.90. The number of nitrogens with one attached hydrogen (secondary N) is 11. The van der Waals surface area contributed by atoms with Crippen LogP contribution in [0.1, 0.15) is 192 Å². The number of aliphatic hydroxyl groups excluding tert-OH is 1. The number of nitrogens with zero attached hydrogens (tertiary/aromatic N) is 4. The van der Waals surface area contributed by atoms with Crippen LogP contribution in [0.3, 0.4) is 0 Å². The van der Waals surface area contributed by atoms with Gasteiger partial charge in [0, 0.05) is 127 Å². The summed E-state index contributed by atoms with van der Waals surface area (Å²) in [4.78, 5) is 248. The number of halogens is 1. The topological polar surface area (TPSA) is 557 Å². The highest BCUT2D eigenvalue weighted by Gasteiger charge is 2.50. The second-order valence-corrected chi connectivity index (χ2v) is 39.8. The number of aliphatic hydroxyl groups is 1. The third-order valence-electron chi connectivity index (χ3n) is 25.7. The molecule has 147 heavy (non-hydrogen) atoms. The van der Waals surface area contributed by atoms with Crippen molar-refractivity contribution >= 4 is 111 Å². The zero-order chi connectivity index (χ0) is 107. The molecule has 12 bridgehead atoms. The number of ether oxygens (including phenoxy) is 8. The number of nitrogens with two attached hydrogens (primary N) is 1. The Bertz CT molecular complexity index is 5400. The number of Topliss-reactive ketones (excluding diaryl/α,β-unsaturated/α-hetero) is 1. The van der Waals surface area contributed by atoms with E-state index in [1.165, 1.54) is 38.0 Å². The van der Waals surface area contributed by atoms with Crippen molar-refractivity contribution in [3.8, 4) is 5.75 Å². The van der Waals surface area contributed by atoms with Gasteiger partial charge in [0.25, 0.3) is 0 Å². The third kappa shape index (κ3) is 36.8. The van der Waals surface area contributed by atoms with E-state index in [2.05, 4.69) is 58.5 Å². The number of carbonyl (C=O) groups is 17. The quantitative estimate of drug-likeness (QED) is 0.0216. The molecule has 0 unspecified atom stereocenters. The van der Waals surface area contributed by atoms with E-state index in [1.807, 2.05) is 28.8 Å². The lowest BCUT2D eigenvalue weighted by molar-refractivity contribution is -0.159. The molecule has 2 saturated heterocycles. The molecule has 804 valence electrons. The van der Waals surface area contributed by atoms with Gasteiger partial charge in [-0.1, -0.05) is 73.5 Å². The summed E-state index contributed by atoms with van der Waals surface area (Å²) in [7, 11) is 1.48. The Morgan fingerprint density at radius 1 is 0.599 bits per heavy atom. The van der Waals surface area contributed by atoms with Crippen LogP contribution in [0.5, 0.6) is 5.75 Å². The first kappa shape index (κ1) is 116. The van der Waals surface area contributed by atoms with Gasteiger partial charge in [-0.3, -0.25) is 76.7 Å². The Labute approximate surface area is 854 Å². The molecule has 43 heteroatoms. The number of hydrogen-bond acceptors (Lipinski definition) is 27. The van der Waals surface area contributed by atoms with E-state index < -0.39 is 216 Å². The monoisotopic (exact) mass is 2050 g/mol. The number of carbonyl (C=O) groups excluding carboxylic acids is 17. The molecule has 6 aliphatic heterocycles. The Morgan fingerprint density at radius 2 is 1.25 bits per heavy atom. The highest BCUT2D eigenvalue weighted by molar-refractivity contribution is 6.01. The molecule has 14 N–H and O–H groups in total. The van der Waals surface area contributed by atoms with E-state index in [-0.39, 0.29) is 169 Å². The lowest BCUT2D eigenvalue weighted by atomic mass is 9.95. The van der Waals surface area contributed by atoms with Crippen LogP contribution in [0.25, 0.3) is 10.9 Å². The van der Waals surface area contributed by atoms with Crippen molar-refractivity contribution in [2.75, 3.05) is 106 Å². The number of rotatable bonds is 32. The van der Waals surface area contributed by atoms with E-state index in [1.54, 1.807) is 114 Å². The fraction of sp³-hybridized carbons (Fsp3) is 0.587. The summed E-state index contributed by atoms with van der Waals surface area (Å²) < 4.78 is 62.6. The number of hydrogen-bond donors (Lipinski definition) is 13. The number of ketones is 1. The lowest BCUT2D eigenvalue weighted by Crippen LogP contribution is -2.64. The highest BCUT2D eigenvalue weighted by atomic mass is 19.1. The maximum atomic E-state index is 16.4. The summed E-state index contributed by atoms with van der Waals surface area (Å²) in [6, 6.07) is 11.0. The predicted molar refractivity (Wildman–Crippen MR) is 532 cm³/mol. The Kier molecular flexibility index (Phi) is 44.4. The van der Waals surface area contributed by atoms with Gasteiger partial charge in [-0.2, -0.15) is 0 Å². The van der Waals surface area contributed by atoms with Gasteiger partial charge in [0.2, 0.25) is 82.7 Å². The zero-order valence-corrected chi connectivity index (χ0v) is 85.6. The maximum Gasteiger partial charge on any atom is 0.329 e. The first-order valence-electron chi connectivity index (χ1n) is 50.5. The van der Waals surface area contributed by atoms with Gasteiger partial charge in [0.15, 0.2) is 5.78 Å². The van der Waals surface area contributed by atoms with E-state index >= 15 is 33.2 Å². The average Bonchev–Trinajstić information content (AvgIpc) is 1.67. The number of benzene rings is 4. The summed E-state index contributed by atoms with van der Waals surface area (Å²) in [5.41, 5.74) is 6.71. The molecule has 2 fully saturated rings. The van der Waals surface area contributed by atoms with Crippen LogP contribution in [0, 0.1) is 5.82 Å². The van der Waals surface area contributed by atoms with E-state index in [4.69, 9.17) is 43.6 Å². The smallest absolute Gasteiger partial charge is 0.329 e. The van der Waals surface area contributed by atoms with Gasteiger partial charge in [0.05, 0.1) is 59.0 Å². The van der Waals surface area contributed by atoms with Gasteiger partial charge in [-0.25, -0.2) is 9.18 Å². The molecule has 0 saturated carbocycles. The number of esters is 2. The third-order valence-corrected chi connectivity index (χ3v) is 25.7. The van der Waals surface area contributed by atoms with Crippen molar-refractivity contribution in [1.82, 2.24) is 77.8 Å². The first-order valence-corrected chi connectivity index (χ1v) is 50.5. The van der Waals surface area contributed by atoms with Gasteiger partial charge in [-0.05, 0) is 184 Å². The van der Waals surface area contributed by atoms with Crippen molar-refractivity contribution in [2.24, 2.45) is 5.73 Å². The van der Waals surface area contributed by atoms with Crippen LogP contribution in [0.15, 0.2) is 97.2 Å². The van der Waals surface area contributed by atoms with Crippen LogP contribution in [-0.2, 0) is 160 Å². The molecule has 0 spiro atoms. The largest absolute Gasteiger partial charge is 0.497 e. The molecular weight excluding hydrogens is 1910 g/mol. The van der Waals surface area contributed by atoms with Crippen molar-refractivity contribution in [1.29, 1.82) is 0 Å². The summed E-state index contributed by atoms with van der Waals surface area (Å²) in [5.74, 6) is -12.6. The van der Waals surface area contributed by atoms with Gasteiger partial charge >= 0.3 is 11.9 Å². The molecular formula is C104H145FN16O26. The molecule has 42 nitrogen and oxygen atoms in total.